The van der Waals surface area contributed by atoms with Crippen molar-refractivity contribution in [1.29, 1.82) is 0 Å². The van der Waals surface area contributed by atoms with E-state index in [9.17, 15) is 9.59 Å². The van der Waals surface area contributed by atoms with E-state index in [0.717, 1.165) is 16.7 Å². The summed E-state index contributed by atoms with van der Waals surface area (Å²) in [6, 6.07) is 16.9. The molecule has 0 saturated carbocycles. The Hall–Kier alpha value is -3.25. The smallest absolute Gasteiger partial charge is 0.262 e. The first-order valence-electron chi connectivity index (χ1n) is 9.64. The van der Waals surface area contributed by atoms with Crippen molar-refractivity contribution in [3.8, 4) is 0 Å². The minimum Gasteiger partial charge on any atom is -0.293 e. The maximum atomic E-state index is 13.2. The number of rotatable bonds is 6. The minimum atomic E-state index is -0.112. The van der Waals surface area contributed by atoms with Crippen LogP contribution in [-0.2, 0) is 6.54 Å². The predicted molar refractivity (Wildman–Crippen MR) is 120 cm³/mol. The van der Waals surface area contributed by atoms with Gasteiger partial charge in [-0.3, -0.25) is 19.1 Å². The van der Waals surface area contributed by atoms with E-state index in [2.05, 4.69) is 4.98 Å². The molecule has 0 atom stereocenters. The van der Waals surface area contributed by atoms with E-state index in [1.807, 2.05) is 62.4 Å². The third kappa shape index (κ3) is 4.19. The van der Waals surface area contributed by atoms with Crippen molar-refractivity contribution < 1.29 is 4.79 Å². The Balaban J connectivity index is 1.70. The highest BCUT2D eigenvalue weighted by Gasteiger charge is 2.15. The molecule has 4 rings (SSSR count). The van der Waals surface area contributed by atoms with E-state index in [1.54, 1.807) is 23.0 Å². The van der Waals surface area contributed by atoms with Crippen molar-refractivity contribution in [2.45, 2.75) is 25.5 Å². The van der Waals surface area contributed by atoms with Crippen LogP contribution in [0.1, 0.15) is 27.0 Å². The number of pyridine rings is 1. The van der Waals surface area contributed by atoms with Crippen molar-refractivity contribution in [2.75, 3.05) is 5.75 Å². The molecule has 0 aliphatic carbocycles. The SMILES string of the molecule is Cc1ccc(C)c(C(=O)CSc2nc3ccccc3c(=O)n2Cc2ccncc2)c1. The number of para-hydroxylation sites is 1. The molecule has 30 heavy (non-hydrogen) atoms. The third-order valence-corrected chi connectivity index (χ3v) is 5.92. The van der Waals surface area contributed by atoms with Gasteiger partial charge in [0.2, 0.25) is 0 Å². The van der Waals surface area contributed by atoms with Crippen LogP contribution in [0.2, 0.25) is 0 Å². The fourth-order valence-electron chi connectivity index (χ4n) is 3.31. The molecular formula is C24H21N3O2S. The number of ketones is 1. The van der Waals surface area contributed by atoms with Crippen LogP contribution in [0, 0.1) is 13.8 Å². The Bertz CT molecular complexity index is 1280. The second kappa shape index (κ2) is 8.63. The number of aromatic nitrogens is 3. The largest absolute Gasteiger partial charge is 0.293 e. The van der Waals surface area contributed by atoms with E-state index in [1.165, 1.54) is 11.8 Å². The molecule has 0 spiro atoms. The van der Waals surface area contributed by atoms with E-state index >= 15 is 0 Å². The Morgan fingerprint density at radius 1 is 1.03 bits per heavy atom. The monoisotopic (exact) mass is 415 g/mol. The average Bonchev–Trinajstić information content (AvgIpc) is 2.76. The fraction of sp³-hybridized carbons (Fsp3) is 0.167. The average molecular weight is 416 g/mol. The topological polar surface area (TPSA) is 64.8 Å². The van der Waals surface area contributed by atoms with Crippen LogP contribution in [0.15, 0.2) is 76.9 Å². The van der Waals surface area contributed by atoms with Crippen LogP contribution >= 0.6 is 11.8 Å². The van der Waals surface area contributed by atoms with Crippen LogP contribution in [0.5, 0.6) is 0 Å². The van der Waals surface area contributed by atoms with Gasteiger partial charge in [0.15, 0.2) is 10.9 Å². The molecule has 6 heteroatoms. The number of nitrogens with zero attached hydrogens (tertiary/aromatic N) is 3. The zero-order valence-electron chi connectivity index (χ0n) is 16.8. The molecule has 0 unspecified atom stereocenters. The molecule has 4 aromatic rings. The van der Waals surface area contributed by atoms with Crippen LogP contribution in [0.3, 0.4) is 0 Å². The molecule has 0 fully saturated rings. The zero-order chi connectivity index (χ0) is 21.1. The molecule has 0 aliphatic heterocycles. The van der Waals surface area contributed by atoms with Gasteiger partial charge in [0.25, 0.3) is 5.56 Å². The first kappa shape index (κ1) is 20.0. The highest BCUT2D eigenvalue weighted by molar-refractivity contribution is 7.99. The van der Waals surface area contributed by atoms with Gasteiger partial charge < -0.3 is 0 Å². The van der Waals surface area contributed by atoms with Gasteiger partial charge in [-0.25, -0.2) is 4.98 Å². The summed E-state index contributed by atoms with van der Waals surface area (Å²) < 4.78 is 1.64. The summed E-state index contributed by atoms with van der Waals surface area (Å²) in [6.07, 6.45) is 3.40. The predicted octanol–water partition coefficient (Wildman–Crippen LogP) is 4.43. The van der Waals surface area contributed by atoms with E-state index < -0.39 is 0 Å². The maximum Gasteiger partial charge on any atom is 0.262 e. The minimum absolute atomic E-state index is 0.0269. The Morgan fingerprint density at radius 3 is 2.60 bits per heavy atom. The second-order valence-corrected chi connectivity index (χ2v) is 8.13. The fourth-order valence-corrected chi connectivity index (χ4v) is 4.19. The summed E-state index contributed by atoms with van der Waals surface area (Å²) in [5.74, 6) is 0.241. The van der Waals surface area contributed by atoms with Gasteiger partial charge in [-0.05, 0) is 55.3 Å². The highest BCUT2D eigenvalue weighted by atomic mass is 32.2. The Kier molecular flexibility index (Phi) is 5.77. The number of hydrogen-bond donors (Lipinski definition) is 0. The lowest BCUT2D eigenvalue weighted by Crippen LogP contribution is -2.24. The van der Waals surface area contributed by atoms with Crippen molar-refractivity contribution in [3.05, 3.63) is 99.6 Å². The van der Waals surface area contributed by atoms with Crippen LogP contribution < -0.4 is 5.56 Å². The number of aryl methyl sites for hydroxylation is 2. The van der Waals surface area contributed by atoms with Gasteiger partial charge in [0.05, 0.1) is 23.2 Å². The molecule has 0 amide bonds. The lowest BCUT2D eigenvalue weighted by Gasteiger charge is -2.13. The number of benzene rings is 2. The van der Waals surface area contributed by atoms with E-state index in [-0.39, 0.29) is 17.1 Å². The number of hydrogen-bond acceptors (Lipinski definition) is 5. The molecule has 150 valence electrons. The van der Waals surface area contributed by atoms with Crippen LogP contribution in [0.25, 0.3) is 10.9 Å². The standard InChI is InChI=1S/C24H21N3O2S/c1-16-7-8-17(2)20(13-16)22(28)15-30-24-26-21-6-4-3-5-19(21)23(29)27(24)14-18-9-11-25-12-10-18/h3-13H,14-15H2,1-2H3. The van der Waals surface area contributed by atoms with E-state index in [4.69, 9.17) is 4.98 Å². The molecule has 2 aromatic carbocycles. The molecule has 0 radical (unpaired) electrons. The maximum absolute atomic E-state index is 13.2. The molecule has 2 aromatic heterocycles. The highest BCUT2D eigenvalue weighted by Crippen LogP contribution is 2.21. The molecule has 5 nitrogen and oxygen atoms in total. The van der Waals surface area contributed by atoms with Gasteiger partial charge in [-0.1, -0.05) is 41.6 Å². The molecule has 0 N–H and O–H groups in total. The van der Waals surface area contributed by atoms with Crippen LogP contribution in [0.4, 0.5) is 0 Å². The number of thioether (sulfide) groups is 1. The Morgan fingerprint density at radius 2 is 1.80 bits per heavy atom. The molecule has 0 aliphatic rings. The lowest BCUT2D eigenvalue weighted by atomic mass is 10.0. The summed E-state index contributed by atoms with van der Waals surface area (Å²) in [4.78, 5) is 34.8. The number of Topliss-reactive ketones (excluding diaryl/α,β-unsaturated/α-hetero) is 1. The van der Waals surface area contributed by atoms with Crippen molar-refractivity contribution in [2.24, 2.45) is 0 Å². The molecule has 2 heterocycles. The third-order valence-electron chi connectivity index (χ3n) is 4.94. The number of carbonyl (C=O) groups excluding carboxylic acids is 1. The van der Waals surface area contributed by atoms with Gasteiger partial charge in [-0.2, -0.15) is 0 Å². The zero-order valence-corrected chi connectivity index (χ0v) is 17.6. The molecule has 0 saturated heterocycles. The van der Waals surface area contributed by atoms with Gasteiger partial charge in [-0.15, -0.1) is 0 Å². The number of carbonyl (C=O) groups is 1. The van der Waals surface area contributed by atoms with E-state index in [0.29, 0.717) is 28.2 Å². The van der Waals surface area contributed by atoms with Gasteiger partial charge >= 0.3 is 0 Å². The molecule has 0 bridgehead atoms. The summed E-state index contributed by atoms with van der Waals surface area (Å²) in [5, 5.41) is 1.10. The quantitative estimate of drug-likeness (QED) is 0.265. The summed E-state index contributed by atoms with van der Waals surface area (Å²) in [7, 11) is 0. The van der Waals surface area contributed by atoms with Gasteiger partial charge in [0, 0.05) is 18.0 Å². The van der Waals surface area contributed by atoms with Crippen LogP contribution in [-0.4, -0.2) is 26.1 Å². The number of fused-ring (bicyclic) bond motifs is 1. The lowest BCUT2D eigenvalue weighted by molar-refractivity contribution is 0.102. The molecular weight excluding hydrogens is 394 g/mol. The Labute approximate surface area is 178 Å². The van der Waals surface area contributed by atoms with Crippen molar-refractivity contribution in [1.82, 2.24) is 14.5 Å². The summed E-state index contributed by atoms with van der Waals surface area (Å²) >= 11 is 1.30. The summed E-state index contributed by atoms with van der Waals surface area (Å²) in [5.41, 5.74) is 4.19. The van der Waals surface area contributed by atoms with Gasteiger partial charge in [0.1, 0.15) is 0 Å². The second-order valence-electron chi connectivity index (χ2n) is 7.19. The normalized spacial score (nSPS) is 11.0. The van der Waals surface area contributed by atoms with Crippen molar-refractivity contribution >= 4 is 28.4 Å². The first-order chi connectivity index (χ1) is 14.5. The van der Waals surface area contributed by atoms with Crippen molar-refractivity contribution in [3.63, 3.8) is 0 Å². The summed E-state index contributed by atoms with van der Waals surface area (Å²) in [6.45, 7) is 4.28. The first-order valence-corrected chi connectivity index (χ1v) is 10.6.